The first-order valence-electron chi connectivity index (χ1n) is 5.09. The summed E-state index contributed by atoms with van der Waals surface area (Å²) in [5, 5.41) is 11.0. The summed E-state index contributed by atoms with van der Waals surface area (Å²) in [4.78, 5) is 18.1. The van der Waals surface area contributed by atoms with Crippen molar-refractivity contribution in [3.05, 3.63) is 56.0 Å². The number of nitro benzene ring substituents is 1. The number of hydrogen-bond donors (Lipinski definition) is 0. The molecule has 1 heterocycles. The lowest BCUT2D eigenvalue weighted by molar-refractivity contribution is -0.385. The molecule has 1 aromatic heterocycles. The van der Waals surface area contributed by atoms with Gasteiger partial charge >= 0.3 is 0 Å². The van der Waals surface area contributed by atoms with Crippen molar-refractivity contribution in [2.45, 2.75) is 6.61 Å². The van der Waals surface area contributed by atoms with Crippen molar-refractivity contribution in [2.75, 3.05) is 0 Å². The van der Waals surface area contributed by atoms with Gasteiger partial charge in [-0.05, 0) is 6.07 Å². The summed E-state index contributed by atoms with van der Waals surface area (Å²) in [6.45, 7) is 0.151. The Morgan fingerprint density at radius 1 is 1.32 bits per heavy atom. The van der Waals surface area contributed by atoms with Crippen LogP contribution < -0.4 is 4.74 Å². The Hall–Kier alpha value is -1.73. The number of ether oxygens (including phenoxy) is 1. The zero-order valence-electron chi connectivity index (χ0n) is 9.42. The standard InChI is InChI=1S/C11H7BrClN3O3/c12-7-1-9(16(17)18)3-10(2-7)19-6-8-4-15-11(13)5-14-8/h1-5H,6H2. The van der Waals surface area contributed by atoms with Gasteiger partial charge in [-0.15, -0.1) is 0 Å². The van der Waals surface area contributed by atoms with Crippen molar-refractivity contribution in [1.29, 1.82) is 0 Å². The molecule has 0 radical (unpaired) electrons. The molecule has 0 bridgehead atoms. The van der Waals surface area contributed by atoms with Crippen LogP contribution in [0.2, 0.25) is 5.15 Å². The second-order valence-electron chi connectivity index (χ2n) is 3.52. The number of aromatic nitrogens is 2. The average Bonchev–Trinajstić information content (AvgIpc) is 2.37. The first-order chi connectivity index (χ1) is 9.04. The zero-order chi connectivity index (χ0) is 13.8. The predicted octanol–water partition coefficient (Wildman–Crippen LogP) is 3.38. The highest BCUT2D eigenvalue weighted by Gasteiger charge is 2.09. The smallest absolute Gasteiger partial charge is 0.274 e. The summed E-state index contributed by atoms with van der Waals surface area (Å²) >= 11 is 8.80. The first-order valence-corrected chi connectivity index (χ1v) is 6.26. The van der Waals surface area contributed by atoms with Gasteiger partial charge in [0.05, 0.1) is 29.1 Å². The van der Waals surface area contributed by atoms with E-state index in [9.17, 15) is 10.1 Å². The monoisotopic (exact) mass is 343 g/mol. The van der Waals surface area contributed by atoms with E-state index < -0.39 is 4.92 Å². The van der Waals surface area contributed by atoms with Gasteiger partial charge in [-0.3, -0.25) is 15.1 Å². The minimum Gasteiger partial charge on any atom is -0.487 e. The highest BCUT2D eigenvalue weighted by Crippen LogP contribution is 2.26. The van der Waals surface area contributed by atoms with Crippen LogP contribution in [0.1, 0.15) is 5.69 Å². The molecule has 0 atom stereocenters. The van der Waals surface area contributed by atoms with Gasteiger partial charge in [0.2, 0.25) is 0 Å². The molecule has 19 heavy (non-hydrogen) atoms. The fraction of sp³-hybridized carbons (Fsp3) is 0.0909. The van der Waals surface area contributed by atoms with Crippen molar-refractivity contribution in [2.24, 2.45) is 0 Å². The molecule has 98 valence electrons. The molecular weight excluding hydrogens is 337 g/mol. The Labute approximate surface area is 121 Å². The summed E-state index contributed by atoms with van der Waals surface area (Å²) in [7, 11) is 0. The number of nitrogens with zero attached hydrogens (tertiary/aromatic N) is 3. The average molecular weight is 345 g/mol. The molecular formula is C11H7BrClN3O3. The van der Waals surface area contributed by atoms with E-state index in [1.54, 1.807) is 6.07 Å². The molecule has 6 nitrogen and oxygen atoms in total. The van der Waals surface area contributed by atoms with Gasteiger partial charge in [0.15, 0.2) is 0 Å². The zero-order valence-corrected chi connectivity index (χ0v) is 11.8. The fourth-order valence-corrected chi connectivity index (χ4v) is 1.87. The predicted molar refractivity (Wildman–Crippen MR) is 72.2 cm³/mol. The summed E-state index contributed by atoms with van der Waals surface area (Å²) < 4.78 is 5.99. The third-order valence-electron chi connectivity index (χ3n) is 2.13. The van der Waals surface area contributed by atoms with Crippen molar-refractivity contribution in [3.8, 4) is 5.75 Å². The third kappa shape index (κ3) is 3.87. The molecule has 0 aliphatic carbocycles. The third-order valence-corrected chi connectivity index (χ3v) is 2.78. The van der Waals surface area contributed by atoms with Crippen molar-refractivity contribution in [1.82, 2.24) is 9.97 Å². The van der Waals surface area contributed by atoms with Crippen LogP contribution in [-0.2, 0) is 6.61 Å². The van der Waals surface area contributed by atoms with Crippen molar-refractivity contribution < 1.29 is 9.66 Å². The van der Waals surface area contributed by atoms with E-state index >= 15 is 0 Å². The van der Waals surface area contributed by atoms with Crippen LogP contribution in [0.5, 0.6) is 5.75 Å². The molecule has 2 rings (SSSR count). The quantitative estimate of drug-likeness (QED) is 0.627. The Morgan fingerprint density at radius 2 is 2.11 bits per heavy atom. The molecule has 0 aliphatic heterocycles. The largest absolute Gasteiger partial charge is 0.487 e. The lowest BCUT2D eigenvalue weighted by Gasteiger charge is -2.06. The Balaban J connectivity index is 2.11. The Bertz CT molecular complexity index is 607. The molecule has 0 saturated heterocycles. The van der Waals surface area contributed by atoms with Gasteiger partial charge in [0.1, 0.15) is 17.5 Å². The molecule has 0 unspecified atom stereocenters. The minimum absolute atomic E-state index is 0.0495. The van der Waals surface area contributed by atoms with E-state index in [1.165, 1.54) is 24.5 Å². The molecule has 0 fully saturated rings. The van der Waals surface area contributed by atoms with Crippen LogP contribution in [0.4, 0.5) is 5.69 Å². The lowest BCUT2D eigenvalue weighted by Crippen LogP contribution is -1.99. The number of nitro groups is 1. The minimum atomic E-state index is -0.486. The molecule has 0 spiro atoms. The van der Waals surface area contributed by atoms with Gasteiger partial charge in [-0.1, -0.05) is 27.5 Å². The van der Waals surface area contributed by atoms with Crippen LogP contribution >= 0.6 is 27.5 Å². The molecule has 1 aromatic carbocycles. The number of halogens is 2. The van der Waals surface area contributed by atoms with Crippen LogP contribution in [0.3, 0.4) is 0 Å². The van der Waals surface area contributed by atoms with E-state index in [4.69, 9.17) is 16.3 Å². The highest BCUT2D eigenvalue weighted by molar-refractivity contribution is 9.10. The maximum absolute atomic E-state index is 10.7. The van der Waals surface area contributed by atoms with Crippen LogP contribution in [0.25, 0.3) is 0 Å². The molecule has 8 heteroatoms. The van der Waals surface area contributed by atoms with Gasteiger partial charge in [0.25, 0.3) is 5.69 Å². The first kappa shape index (κ1) is 13.7. The number of non-ortho nitro benzene ring substituents is 1. The van der Waals surface area contributed by atoms with Crippen LogP contribution in [0.15, 0.2) is 35.1 Å². The second kappa shape index (κ2) is 5.94. The van der Waals surface area contributed by atoms with Crippen molar-refractivity contribution in [3.63, 3.8) is 0 Å². The number of rotatable bonds is 4. The molecule has 2 aromatic rings. The fourth-order valence-electron chi connectivity index (χ4n) is 1.31. The Morgan fingerprint density at radius 3 is 2.74 bits per heavy atom. The highest BCUT2D eigenvalue weighted by atomic mass is 79.9. The van der Waals surface area contributed by atoms with E-state index in [0.717, 1.165) is 0 Å². The summed E-state index contributed by atoms with van der Waals surface area (Å²) in [5.74, 6) is 0.373. The van der Waals surface area contributed by atoms with Gasteiger partial charge in [-0.25, -0.2) is 4.98 Å². The van der Waals surface area contributed by atoms with Crippen molar-refractivity contribution >= 4 is 33.2 Å². The van der Waals surface area contributed by atoms with Crippen LogP contribution in [-0.4, -0.2) is 14.9 Å². The summed E-state index contributed by atoms with van der Waals surface area (Å²) in [6.07, 6.45) is 2.89. The van der Waals surface area contributed by atoms with Crippen LogP contribution in [0, 0.1) is 10.1 Å². The van der Waals surface area contributed by atoms with Gasteiger partial charge in [-0.2, -0.15) is 0 Å². The van der Waals surface area contributed by atoms with E-state index in [1.807, 2.05) is 0 Å². The normalized spacial score (nSPS) is 10.2. The van der Waals surface area contributed by atoms with Gasteiger partial charge in [0, 0.05) is 10.5 Å². The van der Waals surface area contributed by atoms with Gasteiger partial charge < -0.3 is 4.74 Å². The number of hydrogen-bond acceptors (Lipinski definition) is 5. The molecule has 0 N–H and O–H groups in total. The molecule has 0 saturated carbocycles. The SMILES string of the molecule is O=[N+]([O-])c1cc(Br)cc(OCc2cnc(Cl)cn2)c1. The maximum Gasteiger partial charge on any atom is 0.274 e. The lowest BCUT2D eigenvalue weighted by atomic mass is 10.3. The summed E-state index contributed by atoms with van der Waals surface area (Å²) in [5.41, 5.74) is 0.526. The van der Waals surface area contributed by atoms with E-state index in [2.05, 4.69) is 25.9 Å². The van der Waals surface area contributed by atoms with E-state index in [0.29, 0.717) is 21.1 Å². The molecule has 0 aliphatic rings. The second-order valence-corrected chi connectivity index (χ2v) is 4.82. The molecule has 0 amide bonds. The number of benzene rings is 1. The topological polar surface area (TPSA) is 78.2 Å². The summed E-state index contributed by atoms with van der Waals surface area (Å²) in [6, 6.07) is 4.37. The maximum atomic E-state index is 10.7. The Kier molecular flexibility index (Phi) is 4.28. The van der Waals surface area contributed by atoms with E-state index in [-0.39, 0.29) is 12.3 Å².